The molecule has 1 fully saturated rings. The second-order valence-corrected chi connectivity index (χ2v) is 9.39. The Morgan fingerprint density at radius 1 is 1.07 bits per heavy atom. The van der Waals surface area contributed by atoms with Gasteiger partial charge in [0.05, 0.1) is 5.02 Å². The number of halogens is 6. The highest BCUT2D eigenvalue weighted by Gasteiger charge is 2.44. The minimum absolute atomic E-state index is 0.250. The second kappa shape index (κ2) is 20.9. The Balaban J connectivity index is 0.000000717. The largest absolute Gasteiger partial charge is 0.461 e. The molecule has 5 nitrogen and oxygen atoms in total. The Morgan fingerprint density at radius 3 is 2.09 bits per heavy atom. The monoisotopic (exact) mass is 627 g/mol. The number of carbonyl (C=O) groups is 1. The summed E-state index contributed by atoms with van der Waals surface area (Å²) in [5.74, 6) is -2.06. The molecule has 43 heavy (non-hydrogen) atoms. The summed E-state index contributed by atoms with van der Waals surface area (Å²) in [6.45, 7) is 7.74. The van der Waals surface area contributed by atoms with Crippen molar-refractivity contribution >= 4 is 17.6 Å². The van der Waals surface area contributed by atoms with Crippen molar-refractivity contribution in [1.82, 2.24) is 10.3 Å². The number of aromatic nitrogens is 1. The minimum atomic E-state index is -4.70. The zero-order valence-electron chi connectivity index (χ0n) is 24.7. The quantitative estimate of drug-likeness (QED) is 0.211. The van der Waals surface area contributed by atoms with Crippen LogP contribution in [0.3, 0.4) is 0 Å². The lowest BCUT2D eigenvalue weighted by Gasteiger charge is -2.18. The number of ether oxygens (including phenoxy) is 1. The predicted octanol–water partition coefficient (Wildman–Crippen LogP) is 9.13. The molecule has 0 aliphatic heterocycles. The van der Waals surface area contributed by atoms with Gasteiger partial charge in [-0.25, -0.2) is 9.18 Å². The first-order chi connectivity index (χ1) is 20.4. The van der Waals surface area contributed by atoms with Crippen molar-refractivity contribution in [2.24, 2.45) is 5.73 Å². The summed E-state index contributed by atoms with van der Waals surface area (Å²) < 4.78 is 67.7. The van der Waals surface area contributed by atoms with Gasteiger partial charge in [-0.1, -0.05) is 81.1 Å². The molecule has 0 bridgehead atoms. The van der Waals surface area contributed by atoms with Gasteiger partial charge in [0.2, 0.25) is 0 Å². The summed E-state index contributed by atoms with van der Waals surface area (Å²) >= 11 is 5.72. The van der Waals surface area contributed by atoms with Gasteiger partial charge in [0.25, 0.3) is 0 Å². The molecule has 1 heterocycles. The van der Waals surface area contributed by atoms with Crippen LogP contribution in [-0.4, -0.2) is 29.6 Å². The third-order valence-electron chi connectivity index (χ3n) is 5.74. The van der Waals surface area contributed by atoms with Crippen molar-refractivity contribution in [2.45, 2.75) is 77.9 Å². The molecule has 0 spiro atoms. The van der Waals surface area contributed by atoms with E-state index in [4.69, 9.17) is 17.3 Å². The van der Waals surface area contributed by atoms with Crippen molar-refractivity contribution in [3.63, 3.8) is 0 Å². The number of nitrogens with one attached hydrogen (secondary N) is 1. The van der Waals surface area contributed by atoms with Gasteiger partial charge in [-0.3, -0.25) is 4.98 Å². The number of hydrogen-bond acceptors (Lipinski definition) is 3. The fourth-order valence-electron chi connectivity index (χ4n) is 3.71. The molecule has 1 saturated carbocycles. The molecule has 1 aliphatic carbocycles. The number of amides is 2. The molecular formula is C32H39ClF5N3O2. The molecule has 2 amide bonds. The van der Waals surface area contributed by atoms with Gasteiger partial charge in [-0.2, -0.15) is 17.6 Å². The molecule has 1 atom stereocenters. The number of nitrogens with two attached hydrogens (primary N) is 1. The van der Waals surface area contributed by atoms with Gasteiger partial charge in [0.1, 0.15) is 11.6 Å². The topological polar surface area (TPSA) is 77.2 Å². The van der Waals surface area contributed by atoms with E-state index in [2.05, 4.69) is 46.9 Å². The fourth-order valence-corrected chi connectivity index (χ4v) is 3.83. The van der Waals surface area contributed by atoms with Crippen LogP contribution in [0.2, 0.25) is 5.02 Å². The molecule has 1 aliphatic rings. The highest BCUT2D eigenvalue weighted by atomic mass is 35.5. The summed E-state index contributed by atoms with van der Waals surface area (Å²) in [5.41, 5.74) is 7.00. The van der Waals surface area contributed by atoms with E-state index < -0.39 is 30.0 Å². The Bertz CT molecular complexity index is 1210. The molecule has 3 N–H and O–H groups in total. The van der Waals surface area contributed by atoms with E-state index in [1.807, 2.05) is 32.0 Å². The second-order valence-electron chi connectivity index (χ2n) is 8.95. The number of benzene rings is 2. The molecular weight excluding hydrogens is 589 g/mol. The van der Waals surface area contributed by atoms with Crippen LogP contribution in [0, 0.1) is 25.6 Å². The zero-order valence-corrected chi connectivity index (χ0v) is 25.4. The highest BCUT2D eigenvalue weighted by molar-refractivity contribution is 6.30. The van der Waals surface area contributed by atoms with Gasteiger partial charge in [0.15, 0.2) is 0 Å². The lowest BCUT2D eigenvalue weighted by molar-refractivity contribution is -0.253. The first kappa shape index (κ1) is 39.2. The smallest absolute Gasteiger partial charge is 0.428 e. The molecule has 236 valence electrons. The minimum Gasteiger partial charge on any atom is -0.428 e. The standard InChI is InChI=1S/C15H11ClF5NO.C7H8.C6H12N2O.C2H6.C2H2/c1-8(13-3-2-10(16)7-22-13)9-4-11(17)6-12(5-9)23-15(20,21)14(18)19;1-7-5-3-2-4-6-7;7-6(9)8-5-3-1-2-4-5;2*1-2/h2-8,14H,1H3;2-6H,1H3;5H,1-4H2,(H3,7,8,9);1-2H3;1-2H/t8-;;;;/m0..../s1. The fraction of sp³-hybridized carbons (Fsp3) is 0.375. The van der Waals surface area contributed by atoms with E-state index in [1.165, 1.54) is 24.6 Å². The summed E-state index contributed by atoms with van der Waals surface area (Å²) in [7, 11) is 0. The van der Waals surface area contributed by atoms with Crippen LogP contribution in [0.1, 0.15) is 69.2 Å². The Labute approximate surface area is 256 Å². The molecule has 4 rings (SSSR count). The van der Waals surface area contributed by atoms with Crippen LogP contribution in [-0.2, 0) is 0 Å². The normalized spacial score (nSPS) is 12.9. The summed E-state index contributed by atoms with van der Waals surface area (Å²) in [4.78, 5) is 14.3. The van der Waals surface area contributed by atoms with E-state index in [-0.39, 0.29) is 11.6 Å². The lowest BCUT2D eigenvalue weighted by atomic mass is 9.97. The van der Waals surface area contributed by atoms with E-state index in [1.54, 1.807) is 19.1 Å². The predicted molar refractivity (Wildman–Crippen MR) is 162 cm³/mol. The third kappa shape index (κ3) is 15.8. The zero-order chi connectivity index (χ0) is 33.0. The molecule has 1 aromatic heterocycles. The van der Waals surface area contributed by atoms with Crippen molar-refractivity contribution in [2.75, 3.05) is 0 Å². The van der Waals surface area contributed by atoms with Crippen LogP contribution in [0.15, 0.2) is 66.9 Å². The highest BCUT2D eigenvalue weighted by Crippen LogP contribution is 2.32. The Hall–Kier alpha value is -3.84. The Kier molecular flexibility index (Phi) is 19.1. The molecule has 11 heteroatoms. The van der Waals surface area contributed by atoms with Crippen molar-refractivity contribution < 1.29 is 31.5 Å². The van der Waals surface area contributed by atoms with Crippen molar-refractivity contribution in [3.8, 4) is 18.6 Å². The van der Waals surface area contributed by atoms with E-state index in [0.717, 1.165) is 25.0 Å². The van der Waals surface area contributed by atoms with Crippen LogP contribution < -0.4 is 15.8 Å². The van der Waals surface area contributed by atoms with Crippen LogP contribution in [0.25, 0.3) is 0 Å². The number of urea groups is 1. The SMILES string of the molecule is C#C.CC.C[C@@H](c1cc(F)cc(OC(F)(F)C(F)F)c1)c1ccc(Cl)cn1.Cc1ccccc1.NC(=O)NC1CCCC1. The lowest BCUT2D eigenvalue weighted by Crippen LogP contribution is -2.36. The average Bonchev–Trinajstić information content (AvgIpc) is 3.48. The van der Waals surface area contributed by atoms with Crippen LogP contribution in [0.5, 0.6) is 5.75 Å². The summed E-state index contributed by atoms with van der Waals surface area (Å²) in [5, 5.41) is 3.08. The molecule has 3 aromatic rings. The number of terminal acetylenes is 1. The maximum atomic E-state index is 13.6. The average molecular weight is 628 g/mol. The maximum absolute atomic E-state index is 13.6. The summed E-state index contributed by atoms with van der Waals surface area (Å²) in [6, 6.07) is 16.2. The van der Waals surface area contributed by atoms with E-state index in [0.29, 0.717) is 22.8 Å². The van der Waals surface area contributed by atoms with Gasteiger partial charge in [0, 0.05) is 29.9 Å². The van der Waals surface area contributed by atoms with Crippen LogP contribution >= 0.6 is 11.6 Å². The maximum Gasteiger partial charge on any atom is 0.461 e. The van der Waals surface area contributed by atoms with Gasteiger partial charge in [-0.05, 0) is 49.6 Å². The first-order valence-electron chi connectivity index (χ1n) is 13.5. The van der Waals surface area contributed by atoms with E-state index >= 15 is 0 Å². The number of rotatable bonds is 6. The molecule has 0 radical (unpaired) electrons. The third-order valence-corrected chi connectivity index (χ3v) is 5.96. The van der Waals surface area contributed by atoms with Crippen LogP contribution in [0.4, 0.5) is 26.7 Å². The van der Waals surface area contributed by atoms with Gasteiger partial charge in [-0.15, -0.1) is 12.8 Å². The van der Waals surface area contributed by atoms with E-state index in [9.17, 15) is 26.7 Å². The summed E-state index contributed by atoms with van der Waals surface area (Å²) in [6.07, 6.45) is 5.31. The number of hydrogen-bond donors (Lipinski definition) is 2. The van der Waals surface area contributed by atoms with Crippen molar-refractivity contribution in [1.29, 1.82) is 0 Å². The molecule has 0 unspecified atom stereocenters. The number of nitrogens with zero attached hydrogens (tertiary/aromatic N) is 1. The van der Waals surface area contributed by atoms with Crippen molar-refractivity contribution in [3.05, 3.63) is 94.5 Å². The van der Waals surface area contributed by atoms with Gasteiger partial charge >= 0.3 is 18.6 Å². The number of pyridine rings is 1. The number of alkyl halides is 4. The number of primary amides is 1. The molecule has 2 aromatic carbocycles. The number of aryl methyl sites for hydroxylation is 1. The Morgan fingerprint density at radius 2 is 1.65 bits per heavy atom. The number of carbonyl (C=O) groups excluding carboxylic acids is 1. The van der Waals surface area contributed by atoms with Gasteiger partial charge < -0.3 is 15.8 Å². The first-order valence-corrected chi connectivity index (χ1v) is 13.9. The molecule has 0 saturated heterocycles.